The molecule has 0 aliphatic heterocycles. The first-order valence-electron chi connectivity index (χ1n) is 18.5. The van der Waals surface area contributed by atoms with E-state index in [4.69, 9.17) is 0 Å². The molecule has 9 aromatic carbocycles. The highest BCUT2D eigenvalue weighted by atomic mass is 15.1. The molecule has 0 aliphatic carbocycles. The maximum atomic E-state index is 2.41. The highest BCUT2D eigenvalue weighted by Crippen LogP contribution is 2.40. The van der Waals surface area contributed by atoms with Gasteiger partial charge in [-0.25, -0.2) is 0 Å². The van der Waals surface area contributed by atoms with Crippen LogP contribution in [0.5, 0.6) is 0 Å². The Morgan fingerprint density at radius 3 is 1.19 bits per heavy atom. The van der Waals surface area contributed by atoms with E-state index in [0.29, 0.717) is 0 Å². The standard InChI is InChI=1S/C52H36N2/c1-3-13-37(14-4-1)39-23-29-43(30-24-39)53(44-31-25-40(26-32-44)38-15-5-2-6-16-38)45-33-27-41(28-34-45)50-36-46(35-42-17-7-8-18-47(42)50)54-51-21-11-9-19-48(51)49-20-10-12-22-52(49)54/h1-36H. The third-order valence-electron chi connectivity index (χ3n) is 10.6. The summed E-state index contributed by atoms with van der Waals surface area (Å²) in [6, 6.07) is 78.8. The third-order valence-corrected chi connectivity index (χ3v) is 10.6. The minimum absolute atomic E-state index is 1.10. The second kappa shape index (κ2) is 13.4. The first-order chi connectivity index (χ1) is 26.8. The van der Waals surface area contributed by atoms with Gasteiger partial charge >= 0.3 is 0 Å². The average molecular weight is 689 g/mol. The molecule has 54 heavy (non-hydrogen) atoms. The number of nitrogens with zero attached hydrogens (tertiary/aromatic N) is 2. The summed E-state index contributed by atoms with van der Waals surface area (Å²) in [5, 5.41) is 4.98. The van der Waals surface area contributed by atoms with Gasteiger partial charge in [0.25, 0.3) is 0 Å². The van der Waals surface area contributed by atoms with Crippen LogP contribution in [0.3, 0.4) is 0 Å². The third kappa shape index (κ3) is 5.62. The maximum Gasteiger partial charge on any atom is 0.0541 e. The molecule has 0 amide bonds. The van der Waals surface area contributed by atoms with Crippen molar-refractivity contribution in [2.75, 3.05) is 4.90 Å². The number of benzene rings is 9. The van der Waals surface area contributed by atoms with Gasteiger partial charge in [-0.2, -0.15) is 0 Å². The van der Waals surface area contributed by atoms with Crippen LogP contribution < -0.4 is 4.90 Å². The number of hydrogen-bond donors (Lipinski definition) is 0. The predicted molar refractivity (Wildman–Crippen MR) is 229 cm³/mol. The summed E-state index contributed by atoms with van der Waals surface area (Å²) in [7, 11) is 0. The molecule has 254 valence electrons. The van der Waals surface area contributed by atoms with Gasteiger partial charge in [0.05, 0.1) is 11.0 Å². The van der Waals surface area contributed by atoms with Crippen molar-refractivity contribution in [2.24, 2.45) is 0 Å². The molecular formula is C52H36N2. The van der Waals surface area contributed by atoms with E-state index >= 15 is 0 Å². The van der Waals surface area contributed by atoms with Crippen molar-refractivity contribution in [3.63, 3.8) is 0 Å². The SMILES string of the molecule is c1ccc(-c2ccc(N(c3ccc(-c4ccccc4)cc3)c3ccc(-c4cc(-n5c6ccccc6c6ccccc65)cc5ccccc45)cc3)cc2)cc1. The van der Waals surface area contributed by atoms with Crippen molar-refractivity contribution in [3.8, 4) is 39.1 Å². The Hall–Kier alpha value is -7.16. The second-order valence-electron chi connectivity index (χ2n) is 13.8. The van der Waals surface area contributed by atoms with Gasteiger partial charge in [-0.05, 0) is 105 Å². The Morgan fingerprint density at radius 1 is 0.296 bits per heavy atom. The fraction of sp³-hybridized carbons (Fsp3) is 0. The molecule has 0 fully saturated rings. The summed E-state index contributed by atoms with van der Waals surface area (Å²) in [6.07, 6.45) is 0. The van der Waals surface area contributed by atoms with Crippen LogP contribution in [0, 0.1) is 0 Å². The zero-order chi connectivity index (χ0) is 35.8. The Kier molecular flexibility index (Phi) is 7.85. The lowest BCUT2D eigenvalue weighted by Crippen LogP contribution is -2.09. The van der Waals surface area contributed by atoms with E-state index in [2.05, 4.69) is 228 Å². The molecule has 10 rings (SSSR count). The molecule has 0 saturated heterocycles. The number of anilines is 3. The zero-order valence-corrected chi connectivity index (χ0v) is 29.7. The minimum atomic E-state index is 1.10. The summed E-state index contributed by atoms with van der Waals surface area (Å²) >= 11 is 0. The molecule has 0 saturated carbocycles. The van der Waals surface area contributed by atoms with Crippen molar-refractivity contribution in [3.05, 3.63) is 218 Å². The first kappa shape index (κ1) is 31.6. The molecule has 0 atom stereocenters. The van der Waals surface area contributed by atoms with Crippen molar-refractivity contribution < 1.29 is 0 Å². The Labute approximate surface area is 315 Å². The van der Waals surface area contributed by atoms with Gasteiger partial charge < -0.3 is 9.47 Å². The van der Waals surface area contributed by atoms with Gasteiger partial charge in [0.15, 0.2) is 0 Å². The number of aromatic nitrogens is 1. The predicted octanol–water partition coefficient (Wildman–Crippen LogP) is 14.4. The number of para-hydroxylation sites is 2. The van der Waals surface area contributed by atoms with Crippen molar-refractivity contribution in [1.29, 1.82) is 0 Å². The van der Waals surface area contributed by atoms with E-state index in [-0.39, 0.29) is 0 Å². The lowest BCUT2D eigenvalue weighted by Gasteiger charge is -2.26. The Morgan fingerprint density at radius 2 is 0.685 bits per heavy atom. The summed E-state index contributed by atoms with van der Waals surface area (Å²) in [6.45, 7) is 0. The molecule has 1 heterocycles. The number of rotatable bonds is 7. The zero-order valence-electron chi connectivity index (χ0n) is 29.7. The largest absolute Gasteiger partial charge is 0.311 e. The quantitative estimate of drug-likeness (QED) is 0.162. The van der Waals surface area contributed by atoms with Crippen molar-refractivity contribution in [2.45, 2.75) is 0 Å². The lowest BCUT2D eigenvalue weighted by atomic mass is 9.96. The lowest BCUT2D eigenvalue weighted by molar-refractivity contribution is 1.19. The fourth-order valence-electron chi connectivity index (χ4n) is 7.97. The van der Waals surface area contributed by atoms with Gasteiger partial charge in [0.2, 0.25) is 0 Å². The van der Waals surface area contributed by atoms with Crippen LogP contribution in [0.4, 0.5) is 17.1 Å². The Bertz CT molecular complexity index is 2750. The van der Waals surface area contributed by atoms with Crippen LogP contribution in [-0.2, 0) is 0 Å². The average Bonchev–Trinajstić information content (AvgIpc) is 3.59. The molecule has 0 bridgehead atoms. The molecule has 2 nitrogen and oxygen atoms in total. The number of hydrogen-bond acceptors (Lipinski definition) is 1. The Balaban J connectivity index is 1.08. The second-order valence-corrected chi connectivity index (χ2v) is 13.8. The van der Waals surface area contributed by atoms with Gasteiger partial charge in [-0.1, -0.05) is 158 Å². The normalized spacial score (nSPS) is 11.3. The summed E-state index contributed by atoms with van der Waals surface area (Å²) in [5.41, 5.74) is 14.1. The van der Waals surface area contributed by atoms with Crippen LogP contribution in [-0.4, -0.2) is 4.57 Å². The monoisotopic (exact) mass is 688 g/mol. The van der Waals surface area contributed by atoms with Crippen molar-refractivity contribution in [1.82, 2.24) is 4.57 Å². The van der Waals surface area contributed by atoms with Crippen LogP contribution in [0.25, 0.3) is 71.6 Å². The fourth-order valence-corrected chi connectivity index (χ4v) is 7.97. The molecule has 0 N–H and O–H groups in total. The highest BCUT2D eigenvalue weighted by molar-refractivity contribution is 6.10. The summed E-state index contributed by atoms with van der Waals surface area (Å²) in [5.74, 6) is 0. The van der Waals surface area contributed by atoms with E-state index in [1.807, 2.05) is 0 Å². The van der Waals surface area contributed by atoms with E-state index in [1.165, 1.54) is 66.0 Å². The molecule has 0 radical (unpaired) electrons. The molecule has 10 aromatic rings. The molecule has 0 spiro atoms. The maximum absolute atomic E-state index is 2.41. The summed E-state index contributed by atoms with van der Waals surface area (Å²) < 4.78 is 2.41. The number of fused-ring (bicyclic) bond motifs is 4. The van der Waals surface area contributed by atoms with Gasteiger partial charge in [-0.15, -0.1) is 0 Å². The molecule has 0 unspecified atom stereocenters. The van der Waals surface area contributed by atoms with Crippen LogP contribution in [0.2, 0.25) is 0 Å². The highest BCUT2D eigenvalue weighted by Gasteiger charge is 2.17. The van der Waals surface area contributed by atoms with Gasteiger partial charge in [0.1, 0.15) is 0 Å². The topological polar surface area (TPSA) is 8.17 Å². The molecule has 0 aliphatic rings. The molecular weight excluding hydrogens is 653 g/mol. The van der Waals surface area contributed by atoms with E-state index in [1.54, 1.807) is 0 Å². The minimum Gasteiger partial charge on any atom is -0.311 e. The van der Waals surface area contributed by atoms with E-state index in [9.17, 15) is 0 Å². The van der Waals surface area contributed by atoms with Crippen LogP contribution in [0.1, 0.15) is 0 Å². The van der Waals surface area contributed by atoms with Gasteiger partial charge in [0, 0.05) is 33.5 Å². The smallest absolute Gasteiger partial charge is 0.0541 e. The molecule has 1 aromatic heterocycles. The van der Waals surface area contributed by atoms with E-state index in [0.717, 1.165) is 22.7 Å². The molecule has 2 heteroatoms. The van der Waals surface area contributed by atoms with Gasteiger partial charge in [-0.3, -0.25) is 0 Å². The summed E-state index contributed by atoms with van der Waals surface area (Å²) in [4.78, 5) is 2.35. The van der Waals surface area contributed by atoms with Crippen molar-refractivity contribution >= 4 is 49.6 Å². The van der Waals surface area contributed by atoms with E-state index < -0.39 is 0 Å². The first-order valence-corrected chi connectivity index (χ1v) is 18.5. The van der Waals surface area contributed by atoms with Crippen LogP contribution >= 0.6 is 0 Å². The van der Waals surface area contributed by atoms with Crippen LogP contribution in [0.15, 0.2) is 218 Å².